The third-order valence-electron chi connectivity index (χ3n) is 4.52. The van der Waals surface area contributed by atoms with E-state index in [0.717, 1.165) is 27.9 Å². The minimum atomic E-state index is -0.381. The molecule has 4 aromatic rings. The Labute approximate surface area is 171 Å². The Morgan fingerprint density at radius 1 is 1.17 bits per heavy atom. The number of hydrogen-bond donors (Lipinski definition) is 1. The predicted octanol–water partition coefficient (Wildman–Crippen LogP) is 5.51. The van der Waals surface area contributed by atoms with Crippen LogP contribution in [0.25, 0.3) is 27.8 Å². The van der Waals surface area contributed by atoms with Crippen molar-refractivity contribution in [3.63, 3.8) is 0 Å². The van der Waals surface area contributed by atoms with Crippen LogP contribution in [0.3, 0.4) is 0 Å². The lowest BCUT2D eigenvalue weighted by Gasteiger charge is -2.04. The van der Waals surface area contributed by atoms with Gasteiger partial charge >= 0.3 is 5.63 Å². The van der Waals surface area contributed by atoms with Gasteiger partial charge in [-0.15, -0.1) is 11.3 Å². The molecule has 0 amide bonds. The second-order valence-corrected chi connectivity index (χ2v) is 7.54. The molecular weight excluding hydrogens is 382 g/mol. The summed E-state index contributed by atoms with van der Waals surface area (Å²) in [5.41, 5.74) is 5.67. The van der Waals surface area contributed by atoms with Crippen molar-refractivity contribution in [3.8, 4) is 17.3 Å². The molecule has 0 fully saturated rings. The first-order chi connectivity index (χ1) is 14.0. The molecule has 1 N–H and O–H groups in total. The lowest BCUT2D eigenvalue weighted by atomic mass is 10.0. The van der Waals surface area contributed by atoms with E-state index in [0.29, 0.717) is 16.2 Å². The van der Waals surface area contributed by atoms with Crippen molar-refractivity contribution in [1.29, 1.82) is 5.26 Å². The van der Waals surface area contributed by atoms with E-state index in [2.05, 4.69) is 48.4 Å². The first kappa shape index (κ1) is 18.7. The molecule has 6 heteroatoms. The molecule has 0 saturated carbocycles. The van der Waals surface area contributed by atoms with Crippen LogP contribution in [0.15, 0.2) is 69.3 Å². The molecule has 0 aliphatic carbocycles. The largest absolute Gasteiger partial charge is 0.423 e. The van der Waals surface area contributed by atoms with Crippen LogP contribution in [0.5, 0.6) is 0 Å². The maximum Gasteiger partial charge on any atom is 0.336 e. The van der Waals surface area contributed by atoms with Crippen molar-refractivity contribution >= 4 is 33.6 Å². The maximum absolute atomic E-state index is 11.3. The number of nitrogens with one attached hydrogen (secondary N) is 1. The third-order valence-corrected chi connectivity index (χ3v) is 5.39. The summed E-state index contributed by atoms with van der Waals surface area (Å²) >= 11 is 1.44. The third kappa shape index (κ3) is 3.96. The first-order valence-electron chi connectivity index (χ1n) is 8.98. The minimum Gasteiger partial charge on any atom is -0.423 e. The van der Waals surface area contributed by atoms with Gasteiger partial charge in [-0.3, -0.25) is 0 Å². The van der Waals surface area contributed by atoms with E-state index in [1.807, 2.05) is 11.4 Å². The molecule has 2 aromatic carbocycles. The van der Waals surface area contributed by atoms with Gasteiger partial charge in [0.2, 0.25) is 0 Å². The summed E-state index contributed by atoms with van der Waals surface area (Å²) in [6, 6.07) is 16.9. The van der Waals surface area contributed by atoms with Gasteiger partial charge in [0.15, 0.2) is 0 Å². The zero-order valence-electron chi connectivity index (χ0n) is 15.9. The highest BCUT2D eigenvalue weighted by Gasteiger charge is 2.11. The van der Waals surface area contributed by atoms with Gasteiger partial charge in [0.1, 0.15) is 22.2 Å². The van der Waals surface area contributed by atoms with Crippen molar-refractivity contribution in [2.24, 2.45) is 0 Å². The quantitative estimate of drug-likeness (QED) is 0.362. The van der Waals surface area contributed by atoms with Crippen molar-refractivity contribution in [1.82, 2.24) is 4.98 Å². The Kier molecular flexibility index (Phi) is 4.98. The van der Waals surface area contributed by atoms with E-state index in [1.54, 1.807) is 24.4 Å². The number of rotatable bonds is 4. The molecule has 4 rings (SSSR count). The van der Waals surface area contributed by atoms with Crippen LogP contribution < -0.4 is 10.9 Å². The summed E-state index contributed by atoms with van der Waals surface area (Å²) in [4.78, 5) is 15.9. The van der Waals surface area contributed by atoms with Gasteiger partial charge < -0.3 is 9.73 Å². The molecule has 0 radical (unpaired) electrons. The SMILES string of the molecule is Cc1ccc(-c2csc(C(C#N)=CNc3ccc4oc(=O)ccc4c3)n2)c(C)c1. The zero-order chi connectivity index (χ0) is 20.4. The number of aryl methyl sites for hydroxylation is 2. The average Bonchev–Trinajstić information content (AvgIpc) is 3.18. The van der Waals surface area contributed by atoms with Crippen molar-refractivity contribution < 1.29 is 4.42 Å². The molecule has 0 spiro atoms. The molecule has 0 aliphatic heterocycles. The van der Waals surface area contributed by atoms with E-state index in [9.17, 15) is 10.1 Å². The van der Waals surface area contributed by atoms with Gasteiger partial charge in [-0.1, -0.05) is 23.8 Å². The summed E-state index contributed by atoms with van der Waals surface area (Å²) in [5, 5.41) is 16.1. The fourth-order valence-electron chi connectivity index (χ4n) is 3.08. The Bertz CT molecular complexity index is 1340. The van der Waals surface area contributed by atoms with E-state index < -0.39 is 0 Å². The number of thiazole rings is 1. The molecule has 29 heavy (non-hydrogen) atoms. The second-order valence-electron chi connectivity index (χ2n) is 6.68. The number of benzene rings is 2. The Morgan fingerprint density at radius 2 is 2.03 bits per heavy atom. The summed E-state index contributed by atoms with van der Waals surface area (Å²) < 4.78 is 5.14. The molecule has 0 unspecified atom stereocenters. The monoisotopic (exact) mass is 399 g/mol. The lowest BCUT2D eigenvalue weighted by Crippen LogP contribution is -1.95. The number of fused-ring (bicyclic) bond motifs is 1. The van der Waals surface area contributed by atoms with Crippen LogP contribution in [0.4, 0.5) is 5.69 Å². The molecule has 0 aliphatic rings. The van der Waals surface area contributed by atoms with Crippen LogP contribution in [0.2, 0.25) is 0 Å². The molecule has 0 saturated heterocycles. The van der Waals surface area contributed by atoms with Gasteiger partial charge in [-0.2, -0.15) is 5.26 Å². The van der Waals surface area contributed by atoms with Gasteiger partial charge in [-0.25, -0.2) is 9.78 Å². The van der Waals surface area contributed by atoms with E-state index >= 15 is 0 Å². The summed E-state index contributed by atoms with van der Waals surface area (Å²) in [5.74, 6) is 0. The molecular formula is C23H17N3O2S. The van der Waals surface area contributed by atoms with Crippen molar-refractivity contribution in [2.75, 3.05) is 5.32 Å². The number of nitriles is 1. The van der Waals surface area contributed by atoms with Gasteiger partial charge in [-0.05, 0) is 43.7 Å². The van der Waals surface area contributed by atoms with E-state index in [4.69, 9.17) is 4.42 Å². The lowest BCUT2D eigenvalue weighted by molar-refractivity contribution is 0.561. The van der Waals surface area contributed by atoms with Gasteiger partial charge in [0.25, 0.3) is 0 Å². The number of hydrogen-bond acceptors (Lipinski definition) is 6. The molecule has 5 nitrogen and oxygen atoms in total. The standard InChI is InChI=1S/C23H17N3O2S/c1-14-3-6-19(15(2)9-14)20-13-29-23(26-20)17(11-24)12-25-18-5-7-21-16(10-18)4-8-22(27)28-21/h3-10,12-13,25H,1-2H3. The Hall–Kier alpha value is -3.69. The van der Waals surface area contributed by atoms with Gasteiger partial charge in [0, 0.05) is 34.3 Å². The summed E-state index contributed by atoms with van der Waals surface area (Å²) in [6.07, 6.45) is 1.64. The zero-order valence-corrected chi connectivity index (χ0v) is 16.7. The van der Waals surface area contributed by atoms with E-state index in [-0.39, 0.29) is 5.63 Å². The predicted molar refractivity (Wildman–Crippen MR) is 117 cm³/mol. The fourth-order valence-corrected chi connectivity index (χ4v) is 3.87. The topological polar surface area (TPSA) is 78.9 Å². The first-order valence-corrected chi connectivity index (χ1v) is 9.86. The van der Waals surface area contributed by atoms with Crippen LogP contribution in [0, 0.1) is 25.2 Å². The number of allylic oxidation sites excluding steroid dienone is 1. The molecule has 0 bridgehead atoms. The number of nitrogens with zero attached hydrogens (tertiary/aromatic N) is 2. The molecule has 142 valence electrons. The number of anilines is 1. The highest BCUT2D eigenvalue weighted by molar-refractivity contribution is 7.11. The normalized spacial score (nSPS) is 11.4. The fraction of sp³-hybridized carbons (Fsp3) is 0.0870. The Morgan fingerprint density at radius 3 is 2.83 bits per heavy atom. The number of aromatic nitrogens is 1. The van der Waals surface area contributed by atoms with Crippen molar-refractivity contribution in [3.05, 3.63) is 86.7 Å². The minimum absolute atomic E-state index is 0.381. The Balaban J connectivity index is 1.60. The second kappa shape index (κ2) is 7.74. The molecule has 2 heterocycles. The summed E-state index contributed by atoms with van der Waals surface area (Å²) in [7, 11) is 0. The summed E-state index contributed by atoms with van der Waals surface area (Å²) in [6.45, 7) is 4.12. The van der Waals surface area contributed by atoms with Crippen LogP contribution >= 0.6 is 11.3 Å². The maximum atomic E-state index is 11.3. The van der Waals surface area contributed by atoms with Crippen molar-refractivity contribution in [2.45, 2.75) is 13.8 Å². The molecule has 2 aromatic heterocycles. The van der Waals surface area contributed by atoms with Crippen LogP contribution in [0.1, 0.15) is 16.1 Å². The van der Waals surface area contributed by atoms with Crippen LogP contribution in [-0.2, 0) is 0 Å². The molecule has 0 atom stereocenters. The average molecular weight is 399 g/mol. The van der Waals surface area contributed by atoms with Gasteiger partial charge in [0.05, 0.1) is 5.69 Å². The smallest absolute Gasteiger partial charge is 0.336 e. The highest BCUT2D eigenvalue weighted by atomic mass is 32.1. The van der Waals surface area contributed by atoms with Crippen LogP contribution in [-0.4, -0.2) is 4.98 Å². The highest BCUT2D eigenvalue weighted by Crippen LogP contribution is 2.29. The van der Waals surface area contributed by atoms with E-state index in [1.165, 1.54) is 23.0 Å².